The number of carbonyl (C=O) groups is 1. The van der Waals surface area contributed by atoms with Gasteiger partial charge in [0.1, 0.15) is 0 Å². The van der Waals surface area contributed by atoms with E-state index in [2.05, 4.69) is 25.5 Å². The zero-order valence-electron chi connectivity index (χ0n) is 17.4. The van der Waals surface area contributed by atoms with Crippen LogP contribution >= 0.6 is 0 Å². The molecule has 1 aliphatic rings. The van der Waals surface area contributed by atoms with Gasteiger partial charge in [-0.1, -0.05) is 57.2 Å². The molecule has 0 radical (unpaired) electrons. The predicted octanol–water partition coefficient (Wildman–Crippen LogP) is 4.21. The van der Waals surface area contributed by atoms with Crippen LogP contribution in [-0.4, -0.2) is 31.8 Å². The number of nitrogens with one attached hydrogen (secondary N) is 1. The highest BCUT2D eigenvalue weighted by Crippen LogP contribution is 2.31. The van der Waals surface area contributed by atoms with Crippen LogP contribution in [0, 0.1) is 5.41 Å². The van der Waals surface area contributed by atoms with Crippen molar-refractivity contribution in [1.29, 1.82) is 0 Å². The molecule has 1 heterocycles. The second-order valence-electron chi connectivity index (χ2n) is 8.90. The van der Waals surface area contributed by atoms with Crippen molar-refractivity contribution in [2.24, 2.45) is 5.41 Å². The number of sulfonamides is 1. The van der Waals surface area contributed by atoms with Crippen LogP contribution in [0.15, 0.2) is 59.5 Å². The molecular formula is C23H30N2O3S. The fourth-order valence-corrected chi connectivity index (χ4v) is 4.91. The first-order valence-corrected chi connectivity index (χ1v) is 11.6. The highest BCUT2D eigenvalue weighted by molar-refractivity contribution is 7.89. The van der Waals surface area contributed by atoms with E-state index >= 15 is 0 Å². The highest BCUT2D eigenvalue weighted by Gasteiger charge is 2.32. The number of carbonyl (C=O) groups excluding carboxylic acids is 1. The summed E-state index contributed by atoms with van der Waals surface area (Å²) in [6, 6.07) is 15.9. The lowest BCUT2D eigenvalue weighted by Crippen LogP contribution is -2.37. The molecule has 29 heavy (non-hydrogen) atoms. The minimum atomic E-state index is -3.70. The van der Waals surface area contributed by atoms with Gasteiger partial charge in [-0.25, -0.2) is 13.1 Å². The molecule has 5 nitrogen and oxygen atoms in total. The molecule has 1 atom stereocenters. The Labute approximate surface area is 174 Å². The Balaban J connectivity index is 1.75. The third-order valence-electron chi connectivity index (χ3n) is 5.19. The summed E-state index contributed by atoms with van der Waals surface area (Å²) in [5.41, 5.74) is 1.44. The van der Waals surface area contributed by atoms with Crippen molar-refractivity contribution < 1.29 is 13.2 Å². The predicted molar refractivity (Wildman–Crippen MR) is 115 cm³/mol. The van der Waals surface area contributed by atoms with Crippen LogP contribution in [0.25, 0.3) is 0 Å². The molecule has 1 amide bonds. The molecular weight excluding hydrogens is 384 g/mol. The van der Waals surface area contributed by atoms with Gasteiger partial charge >= 0.3 is 0 Å². The standard InChI is InChI=1S/C23H30N2O3S/c1-23(2,3)16-20-12-8-14-25(20)22(26)19-11-7-13-21(15-19)29(27,28)24-17-18-9-5-4-6-10-18/h4-7,9-11,13,15,20,24H,8,12,14,16-17H2,1-3H3. The summed E-state index contributed by atoms with van der Waals surface area (Å²) in [5, 5.41) is 0. The quantitative estimate of drug-likeness (QED) is 0.770. The molecule has 3 rings (SSSR count). The summed E-state index contributed by atoms with van der Waals surface area (Å²) in [7, 11) is -3.70. The maximum atomic E-state index is 13.1. The summed E-state index contributed by atoms with van der Waals surface area (Å²) in [6.45, 7) is 7.47. The van der Waals surface area contributed by atoms with Crippen molar-refractivity contribution in [3.8, 4) is 0 Å². The van der Waals surface area contributed by atoms with Crippen LogP contribution in [0.5, 0.6) is 0 Å². The zero-order chi connectivity index (χ0) is 21.1. The van der Waals surface area contributed by atoms with Crippen molar-refractivity contribution in [1.82, 2.24) is 9.62 Å². The third-order valence-corrected chi connectivity index (χ3v) is 6.59. The Hall–Kier alpha value is -2.18. The first kappa shape index (κ1) is 21.5. The molecule has 0 aliphatic carbocycles. The summed E-state index contributed by atoms with van der Waals surface area (Å²) in [5.74, 6) is -0.0862. The van der Waals surface area contributed by atoms with E-state index in [1.807, 2.05) is 35.2 Å². The Bertz CT molecular complexity index is 950. The molecule has 2 aromatic carbocycles. The lowest BCUT2D eigenvalue weighted by atomic mass is 9.87. The largest absolute Gasteiger partial charge is 0.336 e. The van der Waals surface area contributed by atoms with Crippen molar-refractivity contribution in [2.75, 3.05) is 6.54 Å². The second kappa shape index (κ2) is 8.67. The van der Waals surface area contributed by atoms with Gasteiger partial charge in [-0.2, -0.15) is 0 Å². The van der Waals surface area contributed by atoms with Crippen LogP contribution in [0.2, 0.25) is 0 Å². The zero-order valence-corrected chi connectivity index (χ0v) is 18.2. The SMILES string of the molecule is CC(C)(C)CC1CCCN1C(=O)c1cccc(S(=O)(=O)NCc2ccccc2)c1. The van der Waals surface area contributed by atoms with Crippen LogP contribution in [0.4, 0.5) is 0 Å². The Kier molecular flexibility index (Phi) is 6.44. The van der Waals surface area contributed by atoms with E-state index in [0.717, 1.165) is 31.4 Å². The van der Waals surface area contributed by atoms with Gasteiger partial charge < -0.3 is 4.90 Å². The van der Waals surface area contributed by atoms with Gasteiger partial charge in [0.2, 0.25) is 10.0 Å². The van der Waals surface area contributed by atoms with E-state index in [1.54, 1.807) is 12.1 Å². The molecule has 0 aromatic heterocycles. The van der Waals surface area contributed by atoms with Crippen molar-refractivity contribution in [2.45, 2.75) is 57.5 Å². The maximum absolute atomic E-state index is 13.1. The van der Waals surface area contributed by atoms with Gasteiger partial charge in [-0.15, -0.1) is 0 Å². The van der Waals surface area contributed by atoms with E-state index in [4.69, 9.17) is 0 Å². The van der Waals surface area contributed by atoms with Crippen LogP contribution in [0.3, 0.4) is 0 Å². The number of amides is 1. The monoisotopic (exact) mass is 414 g/mol. The summed E-state index contributed by atoms with van der Waals surface area (Å²) < 4.78 is 28.0. The molecule has 0 spiro atoms. The van der Waals surface area contributed by atoms with Crippen LogP contribution < -0.4 is 4.72 Å². The normalized spacial score (nSPS) is 17.5. The molecule has 6 heteroatoms. The smallest absolute Gasteiger partial charge is 0.254 e. The van der Waals surface area contributed by atoms with E-state index in [9.17, 15) is 13.2 Å². The van der Waals surface area contributed by atoms with Crippen LogP contribution in [-0.2, 0) is 16.6 Å². The number of hydrogen-bond acceptors (Lipinski definition) is 3. The first-order valence-electron chi connectivity index (χ1n) is 10.1. The van der Waals surface area contributed by atoms with E-state index < -0.39 is 10.0 Å². The molecule has 1 unspecified atom stereocenters. The Morgan fingerprint density at radius 1 is 1.10 bits per heavy atom. The fraction of sp³-hybridized carbons (Fsp3) is 0.435. The first-order chi connectivity index (χ1) is 13.7. The number of rotatable bonds is 6. The number of benzene rings is 2. The lowest BCUT2D eigenvalue weighted by molar-refractivity contribution is 0.0704. The van der Waals surface area contributed by atoms with Gasteiger partial charge in [0.25, 0.3) is 5.91 Å². The summed E-state index contributed by atoms with van der Waals surface area (Å²) in [4.78, 5) is 15.1. The Morgan fingerprint density at radius 2 is 1.83 bits per heavy atom. The van der Waals surface area contributed by atoms with Crippen molar-refractivity contribution in [3.63, 3.8) is 0 Å². The molecule has 1 N–H and O–H groups in total. The van der Waals surface area contributed by atoms with Gasteiger partial charge in [-0.3, -0.25) is 4.79 Å². The minimum Gasteiger partial charge on any atom is -0.336 e. The second-order valence-corrected chi connectivity index (χ2v) is 10.7. The number of likely N-dealkylation sites (tertiary alicyclic amines) is 1. The summed E-state index contributed by atoms with van der Waals surface area (Å²) >= 11 is 0. The fourth-order valence-electron chi connectivity index (χ4n) is 3.84. The van der Waals surface area contributed by atoms with E-state index in [-0.39, 0.29) is 28.8 Å². The van der Waals surface area contributed by atoms with E-state index in [0.29, 0.717) is 5.56 Å². The molecule has 1 fully saturated rings. The van der Waals surface area contributed by atoms with Crippen molar-refractivity contribution >= 4 is 15.9 Å². The topological polar surface area (TPSA) is 66.5 Å². The third kappa shape index (κ3) is 5.67. The van der Waals surface area contributed by atoms with Crippen molar-refractivity contribution in [3.05, 3.63) is 65.7 Å². The van der Waals surface area contributed by atoms with Gasteiger partial charge in [-0.05, 0) is 48.4 Å². The van der Waals surface area contributed by atoms with Gasteiger partial charge in [0.15, 0.2) is 0 Å². The molecule has 1 saturated heterocycles. The molecule has 156 valence electrons. The van der Waals surface area contributed by atoms with E-state index in [1.165, 1.54) is 12.1 Å². The molecule has 0 saturated carbocycles. The molecule has 1 aliphatic heterocycles. The molecule has 2 aromatic rings. The highest BCUT2D eigenvalue weighted by atomic mass is 32.2. The van der Waals surface area contributed by atoms with Crippen LogP contribution in [0.1, 0.15) is 56.0 Å². The molecule has 0 bridgehead atoms. The Morgan fingerprint density at radius 3 is 2.52 bits per heavy atom. The number of nitrogens with zero attached hydrogens (tertiary/aromatic N) is 1. The lowest BCUT2D eigenvalue weighted by Gasteiger charge is -2.30. The minimum absolute atomic E-state index is 0.0862. The average molecular weight is 415 g/mol. The average Bonchev–Trinajstić information content (AvgIpc) is 3.13. The summed E-state index contributed by atoms with van der Waals surface area (Å²) in [6.07, 6.45) is 2.93. The number of hydrogen-bond donors (Lipinski definition) is 1. The maximum Gasteiger partial charge on any atom is 0.254 e. The van der Waals surface area contributed by atoms with Gasteiger partial charge in [0.05, 0.1) is 4.90 Å². The van der Waals surface area contributed by atoms with Gasteiger partial charge in [0, 0.05) is 24.7 Å².